The van der Waals surface area contributed by atoms with Crippen LogP contribution in [0, 0.1) is 0 Å². The molecule has 1 amide bonds. The molecule has 0 aliphatic heterocycles. The van der Waals surface area contributed by atoms with Crippen molar-refractivity contribution in [2.45, 2.75) is 32.4 Å². The van der Waals surface area contributed by atoms with Gasteiger partial charge in [-0.15, -0.1) is 0 Å². The monoisotopic (exact) mass is 400 g/mol. The van der Waals surface area contributed by atoms with E-state index in [1.165, 1.54) is 0 Å². The topological polar surface area (TPSA) is 66.5 Å². The smallest absolute Gasteiger partial charge is 0.355 e. The quantitative estimate of drug-likeness (QED) is 0.680. The first-order chi connectivity index (χ1) is 11.5. The summed E-state index contributed by atoms with van der Waals surface area (Å²) in [5, 5.41) is 2.01. The number of hydrogen-bond acceptors (Lipinski definition) is 3. The lowest BCUT2D eigenvalue weighted by Gasteiger charge is -2.23. The standard InChI is InChI=1S/C15H20ClF3N2O3S/c1-3-4-5-8-20-14(22)10-21(25(2,23)24)11-6-7-13(16)12(9-11)15(17,18)19/h6-7,9H,3-5,8,10H2,1-2H3,(H,20,22). The molecule has 0 aliphatic carbocycles. The maximum absolute atomic E-state index is 13.0. The minimum Gasteiger partial charge on any atom is -0.355 e. The maximum atomic E-state index is 13.0. The van der Waals surface area contributed by atoms with Crippen LogP contribution in [0.1, 0.15) is 31.7 Å². The maximum Gasteiger partial charge on any atom is 0.417 e. The fraction of sp³-hybridized carbons (Fsp3) is 0.533. The number of sulfonamides is 1. The lowest BCUT2D eigenvalue weighted by molar-refractivity contribution is -0.137. The number of halogens is 4. The van der Waals surface area contributed by atoms with Gasteiger partial charge in [-0.05, 0) is 24.6 Å². The van der Waals surface area contributed by atoms with Crippen molar-refractivity contribution in [3.05, 3.63) is 28.8 Å². The Balaban J connectivity index is 3.03. The van der Waals surface area contributed by atoms with Gasteiger partial charge < -0.3 is 5.32 Å². The van der Waals surface area contributed by atoms with E-state index in [0.717, 1.165) is 37.7 Å². The van der Waals surface area contributed by atoms with Crippen LogP contribution in [0.4, 0.5) is 18.9 Å². The lowest BCUT2D eigenvalue weighted by Crippen LogP contribution is -2.40. The lowest BCUT2D eigenvalue weighted by atomic mass is 10.2. The molecule has 142 valence electrons. The van der Waals surface area contributed by atoms with E-state index in [4.69, 9.17) is 11.6 Å². The molecule has 10 heteroatoms. The van der Waals surface area contributed by atoms with Crippen LogP contribution < -0.4 is 9.62 Å². The van der Waals surface area contributed by atoms with Gasteiger partial charge in [0.1, 0.15) is 6.54 Å². The highest BCUT2D eigenvalue weighted by molar-refractivity contribution is 7.92. The Morgan fingerprint density at radius 3 is 2.44 bits per heavy atom. The third-order valence-corrected chi connectivity index (χ3v) is 4.80. The Hall–Kier alpha value is -1.48. The number of rotatable bonds is 8. The zero-order valence-electron chi connectivity index (χ0n) is 13.9. The molecule has 0 radical (unpaired) electrons. The molecule has 0 fully saturated rings. The van der Waals surface area contributed by atoms with Gasteiger partial charge >= 0.3 is 6.18 Å². The molecule has 0 saturated heterocycles. The Bertz CT molecular complexity index is 708. The van der Waals surface area contributed by atoms with Crippen LogP contribution in [0.15, 0.2) is 18.2 Å². The second-order valence-corrected chi connectivity index (χ2v) is 7.80. The molecule has 1 N–H and O–H groups in total. The summed E-state index contributed by atoms with van der Waals surface area (Å²) >= 11 is 5.54. The molecule has 0 unspecified atom stereocenters. The number of alkyl halides is 3. The Morgan fingerprint density at radius 2 is 1.92 bits per heavy atom. The van der Waals surface area contributed by atoms with Crippen molar-refractivity contribution in [3.8, 4) is 0 Å². The van der Waals surface area contributed by atoms with E-state index in [2.05, 4.69) is 5.32 Å². The first-order valence-corrected chi connectivity index (χ1v) is 9.80. The van der Waals surface area contributed by atoms with Gasteiger partial charge in [-0.1, -0.05) is 31.4 Å². The summed E-state index contributed by atoms with van der Waals surface area (Å²) in [5.74, 6) is -0.593. The van der Waals surface area contributed by atoms with Gasteiger partial charge in [0, 0.05) is 6.54 Å². The average molecular weight is 401 g/mol. The van der Waals surface area contributed by atoms with Crippen molar-refractivity contribution in [2.24, 2.45) is 0 Å². The minimum absolute atomic E-state index is 0.275. The van der Waals surface area contributed by atoms with Crippen molar-refractivity contribution in [3.63, 3.8) is 0 Å². The van der Waals surface area contributed by atoms with Gasteiger partial charge in [0.05, 0.1) is 22.5 Å². The van der Waals surface area contributed by atoms with Crippen LogP contribution >= 0.6 is 11.6 Å². The van der Waals surface area contributed by atoms with Gasteiger partial charge in [0.25, 0.3) is 0 Å². The number of benzene rings is 1. The normalized spacial score (nSPS) is 12.1. The molecule has 0 saturated carbocycles. The molecule has 0 aliphatic rings. The first kappa shape index (κ1) is 21.6. The summed E-state index contributed by atoms with van der Waals surface area (Å²) in [7, 11) is -3.96. The van der Waals surface area contributed by atoms with E-state index in [9.17, 15) is 26.4 Å². The van der Waals surface area contributed by atoms with E-state index < -0.39 is 39.2 Å². The Kier molecular flexibility index (Phi) is 7.55. The van der Waals surface area contributed by atoms with Gasteiger partial charge in [0.2, 0.25) is 15.9 Å². The van der Waals surface area contributed by atoms with E-state index in [1.54, 1.807) is 0 Å². The Labute approximate surface area is 150 Å². The molecule has 0 atom stereocenters. The van der Waals surface area contributed by atoms with Crippen LogP contribution in [-0.4, -0.2) is 33.7 Å². The van der Waals surface area contributed by atoms with E-state index >= 15 is 0 Å². The largest absolute Gasteiger partial charge is 0.417 e. The average Bonchev–Trinajstić information content (AvgIpc) is 2.48. The number of carbonyl (C=O) groups excluding carboxylic acids is 1. The number of anilines is 1. The van der Waals surface area contributed by atoms with E-state index in [-0.39, 0.29) is 5.69 Å². The van der Waals surface area contributed by atoms with Gasteiger partial charge in [-0.3, -0.25) is 9.10 Å². The van der Waals surface area contributed by atoms with Crippen LogP contribution in [0.3, 0.4) is 0 Å². The number of carbonyl (C=O) groups is 1. The molecule has 5 nitrogen and oxygen atoms in total. The van der Waals surface area contributed by atoms with Crippen LogP contribution in [-0.2, 0) is 21.0 Å². The highest BCUT2D eigenvalue weighted by atomic mass is 35.5. The predicted octanol–water partition coefficient (Wildman–Crippen LogP) is 3.43. The molecule has 0 aromatic heterocycles. The summed E-state index contributed by atoms with van der Waals surface area (Å²) in [5.41, 5.74) is -1.44. The molecular formula is C15H20ClF3N2O3S. The fourth-order valence-corrected chi connectivity index (χ4v) is 3.15. The van der Waals surface area contributed by atoms with E-state index in [1.807, 2.05) is 6.92 Å². The molecule has 1 rings (SSSR count). The van der Waals surface area contributed by atoms with Crippen LogP contribution in [0.25, 0.3) is 0 Å². The molecule has 0 heterocycles. The fourth-order valence-electron chi connectivity index (χ4n) is 2.07. The Morgan fingerprint density at radius 1 is 1.28 bits per heavy atom. The highest BCUT2D eigenvalue weighted by Crippen LogP contribution is 2.37. The number of nitrogens with zero attached hydrogens (tertiary/aromatic N) is 1. The zero-order valence-corrected chi connectivity index (χ0v) is 15.4. The molecule has 25 heavy (non-hydrogen) atoms. The summed E-state index contributed by atoms with van der Waals surface area (Å²) < 4.78 is 63.3. The second-order valence-electron chi connectivity index (χ2n) is 5.49. The molecule has 1 aromatic rings. The number of amides is 1. The third-order valence-electron chi connectivity index (χ3n) is 3.33. The number of unbranched alkanes of at least 4 members (excludes halogenated alkanes) is 2. The van der Waals surface area contributed by atoms with Crippen molar-refractivity contribution >= 4 is 33.2 Å². The first-order valence-electron chi connectivity index (χ1n) is 7.58. The number of hydrogen-bond donors (Lipinski definition) is 1. The summed E-state index contributed by atoms with van der Waals surface area (Å²) in [4.78, 5) is 11.9. The summed E-state index contributed by atoms with van der Waals surface area (Å²) in [6.45, 7) is 1.76. The highest BCUT2D eigenvalue weighted by Gasteiger charge is 2.34. The SMILES string of the molecule is CCCCCNC(=O)CN(c1ccc(Cl)c(C(F)(F)F)c1)S(C)(=O)=O. The van der Waals surface area contributed by atoms with Crippen molar-refractivity contribution in [1.29, 1.82) is 0 Å². The second kappa shape index (κ2) is 8.75. The van der Waals surface area contributed by atoms with Gasteiger partial charge in [-0.2, -0.15) is 13.2 Å². The van der Waals surface area contributed by atoms with E-state index in [0.29, 0.717) is 16.9 Å². The zero-order chi connectivity index (χ0) is 19.3. The number of nitrogens with one attached hydrogen (secondary N) is 1. The van der Waals surface area contributed by atoms with Crippen LogP contribution in [0.2, 0.25) is 5.02 Å². The van der Waals surface area contributed by atoms with Crippen molar-refractivity contribution < 1.29 is 26.4 Å². The van der Waals surface area contributed by atoms with Gasteiger partial charge in [-0.25, -0.2) is 8.42 Å². The predicted molar refractivity (Wildman–Crippen MR) is 91.2 cm³/mol. The molecule has 0 bridgehead atoms. The van der Waals surface area contributed by atoms with Crippen LogP contribution in [0.5, 0.6) is 0 Å². The third kappa shape index (κ3) is 6.74. The van der Waals surface area contributed by atoms with Gasteiger partial charge in [0.15, 0.2) is 0 Å². The summed E-state index contributed by atoms with van der Waals surface area (Å²) in [6.07, 6.45) is -1.32. The summed E-state index contributed by atoms with van der Waals surface area (Å²) in [6, 6.07) is 2.70. The molecule has 0 spiro atoms. The molecular weight excluding hydrogens is 381 g/mol. The van der Waals surface area contributed by atoms with Crippen molar-refractivity contribution in [2.75, 3.05) is 23.7 Å². The molecule has 1 aromatic carbocycles. The van der Waals surface area contributed by atoms with Crippen molar-refractivity contribution in [1.82, 2.24) is 5.32 Å². The minimum atomic E-state index is -4.74.